The van der Waals surface area contributed by atoms with Crippen LogP contribution in [0.4, 0.5) is 18.9 Å². The molecule has 1 aromatic heterocycles. The zero-order valence-electron chi connectivity index (χ0n) is 16.6. The van der Waals surface area contributed by atoms with Gasteiger partial charge in [-0.1, -0.05) is 46.6 Å². The van der Waals surface area contributed by atoms with Crippen LogP contribution in [0.3, 0.4) is 0 Å². The van der Waals surface area contributed by atoms with Gasteiger partial charge in [0.15, 0.2) is 11.5 Å². The Balaban J connectivity index is 1.67. The SMILES string of the molecule is O/N=C(/c1c(C(F)(F)F)nn(-c2ccc(Cl)cc2)c1Cl)N1CCN(c2ccccc2)CC1. The lowest BCUT2D eigenvalue weighted by Gasteiger charge is -2.37. The van der Waals surface area contributed by atoms with E-state index in [0.717, 1.165) is 10.4 Å². The molecular weight excluding hydrogens is 466 g/mol. The third-order valence-corrected chi connectivity index (χ3v) is 5.79. The van der Waals surface area contributed by atoms with E-state index in [9.17, 15) is 18.4 Å². The lowest BCUT2D eigenvalue weighted by atomic mass is 10.1. The molecule has 6 nitrogen and oxygen atoms in total. The molecule has 1 saturated heterocycles. The molecule has 2 heterocycles. The highest BCUT2D eigenvalue weighted by atomic mass is 35.5. The Morgan fingerprint density at radius 3 is 2.09 bits per heavy atom. The number of amidine groups is 1. The van der Waals surface area contributed by atoms with E-state index in [0.29, 0.717) is 36.9 Å². The van der Waals surface area contributed by atoms with Crippen LogP contribution < -0.4 is 4.90 Å². The van der Waals surface area contributed by atoms with Crippen molar-refractivity contribution in [2.45, 2.75) is 6.18 Å². The van der Waals surface area contributed by atoms with Gasteiger partial charge in [-0.15, -0.1) is 0 Å². The van der Waals surface area contributed by atoms with E-state index in [2.05, 4.69) is 15.2 Å². The second-order valence-electron chi connectivity index (χ2n) is 7.13. The van der Waals surface area contributed by atoms with Crippen molar-refractivity contribution in [1.29, 1.82) is 0 Å². The summed E-state index contributed by atoms with van der Waals surface area (Å²) in [5.74, 6) is -0.268. The van der Waals surface area contributed by atoms with Gasteiger partial charge in [-0.05, 0) is 36.4 Å². The maximum Gasteiger partial charge on any atom is 0.435 e. The van der Waals surface area contributed by atoms with Gasteiger partial charge in [0.05, 0.1) is 11.3 Å². The first-order valence-corrected chi connectivity index (χ1v) is 10.4. The summed E-state index contributed by atoms with van der Waals surface area (Å²) in [7, 11) is 0. The van der Waals surface area contributed by atoms with Gasteiger partial charge in [0.25, 0.3) is 0 Å². The summed E-state index contributed by atoms with van der Waals surface area (Å²) in [5.41, 5.74) is -0.387. The molecule has 0 atom stereocenters. The number of aromatic nitrogens is 2. The molecule has 0 saturated carbocycles. The highest BCUT2D eigenvalue weighted by Crippen LogP contribution is 2.37. The number of oxime groups is 1. The molecule has 0 amide bonds. The van der Waals surface area contributed by atoms with Crippen LogP contribution in [0, 0.1) is 0 Å². The number of benzene rings is 2. The van der Waals surface area contributed by atoms with E-state index in [-0.39, 0.29) is 11.0 Å². The monoisotopic (exact) mass is 483 g/mol. The number of hydrogen-bond acceptors (Lipinski definition) is 4. The summed E-state index contributed by atoms with van der Waals surface area (Å²) >= 11 is 12.2. The van der Waals surface area contributed by atoms with Crippen molar-refractivity contribution in [2.24, 2.45) is 5.16 Å². The van der Waals surface area contributed by atoms with Crippen molar-refractivity contribution in [3.63, 3.8) is 0 Å². The zero-order chi connectivity index (χ0) is 22.9. The van der Waals surface area contributed by atoms with Gasteiger partial charge in [-0.25, -0.2) is 4.68 Å². The van der Waals surface area contributed by atoms with Crippen molar-refractivity contribution >= 4 is 34.7 Å². The van der Waals surface area contributed by atoms with Gasteiger partial charge >= 0.3 is 6.18 Å². The van der Waals surface area contributed by atoms with Crippen LogP contribution in [0.25, 0.3) is 5.69 Å². The molecule has 11 heteroatoms. The van der Waals surface area contributed by atoms with Gasteiger partial charge in [-0.2, -0.15) is 18.3 Å². The summed E-state index contributed by atoms with van der Waals surface area (Å²) < 4.78 is 42.5. The quantitative estimate of drug-likeness (QED) is 0.242. The Kier molecular flexibility index (Phi) is 6.21. The molecule has 32 heavy (non-hydrogen) atoms. The Labute approximate surface area is 192 Å². The van der Waals surface area contributed by atoms with Crippen LogP contribution in [0.5, 0.6) is 0 Å². The number of piperazine rings is 1. The van der Waals surface area contributed by atoms with Gasteiger partial charge in [0.2, 0.25) is 0 Å². The third kappa shape index (κ3) is 4.35. The molecule has 1 N–H and O–H groups in total. The zero-order valence-corrected chi connectivity index (χ0v) is 18.1. The molecule has 168 valence electrons. The van der Waals surface area contributed by atoms with Crippen molar-refractivity contribution < 1.29 is 18.4 Å². The van der Waals surface area contributed by atoms with Crippen LogP contribution in [-0.2, 0) is 6.18 Å². The number of para-hydroxylation sites is 1. The maximum absolute atomic E-state index is 13.8. The molecular formula is C21H18Cl2F3N5O. The fourth-order valence-electron chi connectivity index (χ4n) is 3.63. The van der Waals surface area contributed by atoms with Crippen LogP contribution in [0.2, 0.25) is 10.2 Å². The second kappa shape index (κ2) is 8.91. The van der Waals surface area contributed by atoms with Gasteiger partial charge in [-0.3, -0.25) is 0 Å². The highest BCUT2D eigenvalue weighted by Gasteiger charge is 2.42. The Morgan fingerprint density at radius 1 is 0.906 bits per heavy atom. The molecule has 1 fully saturated rings. The van der Waals surface area contributed by atoms with E-state index >= 15 is 0 Å². The summed E-state index contributed by atoms with van der Waals surface area (Å²) in [4.78, 5) is 3.68. The normalized spacial score (nSPS) is 15.3. The largest absolute Gasteiger partial charge is 0.435 e. The van der Waals surface area contributed by atoms with Gasteiger partial charge < -0.3 is 15.0 Å². The fourth-order valence-corrected chi connectivity index (χ4v) is 4.07. The Hall–Kier alpha value is -2.91. The van der Waals surface area contributed by atoms with Crippen LogP contribution >= 0.6 is 23.2 Å². The minimum atomic E-state index is -4.81. The molecule has 1 aliphatic heterocycles. The Morgan fingerprint density at radius 2 is 1.53 bits per heavy atom. The summed E-state index contributed by atoms with van der Waals surface area (Å²) in [6.45, 7) is 1.75. The molecule has 0 radical (unpaired) electrons. The van der Waals surface area contributed by atoms with Crippen LogP contribution in [-0.4, -0.2) is 51.9 Å². The minimum Gasteiger partial charge on any atom is -0.409 e. The van der Waals surface area contributed by atoms with Crippen molar-refractivity contribution in [3.05, 3.63) is 76.0 Å². The predicted octanol–water partition coefficient (Wildman–Crippen LogP) is 5.16. The first-order valence-electron chi connectivity index (χ1n) is 9.68. The molecule has 4 rings (SSSR count). The molecule has 0 spiro atoms. The molecule has 0 unspecified atom stereocenters. The van der Waals surface area contributed by atoms with Crippen molar-refractivity contribution in [1.82, 2.24) is 14.7 Å². The maximum atomic E-state index is 13.8. The molecule has 1 aliphatic rings. The molecule has 2 aromatic carbocycles. The molecule has 0 bridgehead atoms. The first-order chi connectivity index (χ1) is 15.3. The Bertz CT molecular complexity index is 1110. The average molecular weight is 484 g/mol. The average Bonchev–Trinajstić information content (AvgIpc) is 3.13. The topological polar surface area (TPSA) is 56.9 Å². The molecule has 0 aliphatic carbocycles. The summed E-state index contributed by atoms with van der Waals surface area (Å²) in [6.07, 6.45) is -4.81. The number of hydrogen-bond donors (Lipinski definition) is 1. The van der Waals surface area contributed by atoms with E-state index in [4.69, 9.17) is 23.2 Å². The highest BCUT2D eigenvalue weighted by molar-refractivity contribution is 6.33. The number of anilines is 1. The van der Waals surface area contributed by atoms with E-state index < -0.39 is 17.4 Å². The second-order valence-corrected chi connectivity index (χ2v) is 7.93. The number of halogens is 5. The van der Waals surface area contributed by atoms with Crippen molar-refractivity contribution in [3.8, 4) is 5.69 Å². The van der Waals surface area contributed by atoms with Gasteiger partial charge in [0, 0.05) is 36.9 Å². The smallest absolute Gasteiger partial charge is 0.409 e. The standard InChI is InChI=1S/C21H18Cl2F3N5O/c22-14-6-8-16(9-7-14)31-19(23)17(18(27-31)21(24,25)26)20(28-32)30-12-10-29(11-13-30)15-4-2-1-3-5-15/h1-9,32H,10-13H2/b28-20-. The first kappa shape index (κ1) is 22.3. The fraction of sp³-hybridized carbons (Fsp3) is 0.238. The van der Waals surface area contributed by atoms with Crippen molar-refractivity contribution in [2.75, 3.05) is 31.1 Å². The number of alkyl halides is 3. The van der Waals surface area contributed by atoms with E-state index in [1.165, 1.54) is 24.3 Å². The lowest BCUT2D eigenvalue weighted by molar-refractivity contribution is -0.141. The minimum absolute atomic E-state index is 0.268. The summed E-state index contributed by atoms with van der Waals surface area (Å²) in [6, 6.07) is 15.7. The summed E-state index contributed by atoms with van der Waals surface area (Å²) in [5, 5.41) is 16.7. The van der Waals surface area contributed by atoms with E-state index in [1.807, 2.05) is 30.3 Å². The lowest BCUT2D eigenvalue weighted by Crippen LogP contribution is -2.49. The third-order valence-electron chi connectivity index (χ3n) is 5.19. The van der Waals surface area contributed by atoms with Crippen LogP contribution in [0.15, 0.2) is 59.8 Å². The predicted molar refractivity (Wildman–Crippen MR) is 117 cm³/mol. The number of rotatable bonds is 3. The number of nitrogens with zero attached hydrogens (tertiary/aromatic N) is 5. The van der Waals surface area contributed by atoms with E-state index in [1.54, 1.807) is 4.90 Å². The van der Waals surface area contributed by atoms with Gasteiger partial charge in [0.1, 0.15) is 5.15 Å². The molecule has 3 aromatic rings. The van der Waals surface area contributed by atoms with Crippen LogP contribution in [0.1, 0.15) is 11.3 Å².